The zero-order valence-corrected chi connectivity index (χ0v) is 22.3. The second kappa shape index (κ2) is 14.5. The number of rotatable bonds is 12. The predicted octanol–water partition coefficient (Wildman–Crippen LogP) is 3.95. The maximum atomic E-state index is 13.9. The topological polar surface area (TPSA) is 118 Å². The van der Waals surface area contributed by atoms with Crippen LogP contribution >= 0.6 is 12.4 Å². The molecule has 2 N–H and O–H groups in total. The van der Waals surface area contributed by atoms with E-state index in [4.69, 9.17) is 9.47 Å². The third-order valence-corrected chi connectivity index (χ3v) is 8.08. The summed E-state index contributed by atoms with van der Waals surface area (Å²) in [5.41, 5.74) is 2.40. The summed E-state index contributed by atoms with van der Waals surface area (Å²) >= 11 is 0. The van der Waals surface area contributed by atoms with E-state index < -0.39 is 22.0 Å². The van der Waals surface area contributed by atoms with Crippen molar-refractivity contribution < 1.29 is 27.9 Å². The molecule has 0 saturated heterocycles. The Hall–Kier alpha value is -2.24. The van der Waals surface area contributed by atoms with Crippen molar-refractivity contribution in [3.63, 3.8) is 0 Å². The molecule has 0 radical (unpaired) electrons. The van der Waals surface area contributed by atoms with Crippen LogP contribution in [-0.2, 0) is 26.1 Å². The molecule has 1 aliphatic carbocycles. The Balaban J connectivity index is 0.00000456. The minimum Gasteiger partial charge on any atom is -0.494 e. The number of nitrogens with zero attached hydrogens (tertiary/aromatic N) is 2. The number of amides is 1. The number of aromatic nitrogens is 1. The summed E-state index contributed by atoms with van der Waals surface area (Å²) in [4.78, 5) is 17.0. The lowest BCUT2D eigenvalue weighted by atomic mass is 9.82. The average Bonchev–Trinajstić information content (AvgIpc) is 2.88. The van der Waals surface area contributed by atoms with E-state index in [0.717, 1.165) is 19.3 Å². The number of ether oxygens (including phenoxy) is 2. The van der Waals surface area contributed by atoms with Crippen LogP contribution in [0.1, 0.15) is 51.5 Å². The number of benzene rings is 1. The molecule has 1 aliphatic rings. The molecule has 2 aromatic rings. The maximum absolute atomic E-state index is 13.9. The van der Waals surface area contributed by atoms with Crippen molar-refractivity contribution in [1.82, 2.24) is 14.8 Å². The van der Waals surface area contributed by atoms with E-state index in [1.165, 1.54) is 16.4 Å². The molecule has 9 nitrogen and oxygen atoms in total. The highest BCUT2D eigenvalue weighted by atomic mass is 35.5. The summed E-state index contributed by atoms with van der Waals surface area (Å²) in [6.45, 7) is 5.00. The summed E-state index contributed by atoms with van der Waals surface area (Å²) in [7, 11) is -4.11. The van der Waals surface area contributed by atoms with E-state index in [-0.39, 0.29) is 35.9 Å². The van der Waals surface area contributed by atoms with Gasteiger partial charge < -0.3 is 9.47 Å². The number of sulfonamides is 1. The molecule has 3 rings (SSSR count). The summed E-state index contributed by atoms with van der Waals surface area (Å²) in [5.74, 6) is -0.461. The third kappa shape index (κ3) is 7.63. The Bertz CT molecular complexity index is 1030. The molecule has 1 aromatic carbocycles. The van der Waals surface area contributed by atoms with Crippen molar-refractivity contribution in [2.45, 2.75) is 69.5 Å². The smallest absolute Gasteiger partial charge is 0.262 e. The number of halogens is 1. The van der Waals surface area contributed by atoms with Gasteiger partial charge in [0.2, 0.25) is 10.0 Å². The van der Waals surface area contributed by atoms with Crippen molar-refractivity contribution in [2.24, 2.45) is 5.92 Å². The van der Waals surface area contributed by atoms with Crippen LogP contribution in [0.2, 0.25) is 0 Å². The first kappa shape index (κ1) is 30.0. The van der Waals surface area contributed by atoms with Crippen LogP contribution in [0, 0.1) is 5.92 Å². The van der Waals surface area contributed by atoms with Crippen molar-refractivity contribution in [2.75, 3.05) is 13.2 Å². The molecule has 1 aromatic heterocycles. The molecule has 1 heterocycles. The molecule has 0 unspecified atom stereocenters. The lowest BCUT2D eigenvalue weighted by Gasteiger charge is -2.38. The lowest BCUT2D eigenvalue weighted by molar-refractivity contribution is -0.136. The molecule has 0 aliphatic heterocycles. The highest BCUT2D eigenvalue weighted by molar-refractivity contribution is 7.89. The first-order chi connectivity index (χ1) is 16.9. The van der Waals surface area contributed by atoms with Gasteiger partial charge in [-0.05, 0) is 86.9 Å². The fraction of sp³-hybridized carbons (Fsp3) is 0.520. The number of hydrogen-bond donors (Lipinski definition) is 2. The standard InChI is InChI=1S/C25H35N3O6S.ClH/c1-3-17-34-22-7-5-20(6-8-22)24(25(29)27-30)28(18-19-13-15-26-16-14-19)35(31,32)23-11-9-21(10-12-23)33-4-2;/h9-16,20,22,24,30H,3-8,17-18H2,1-2H3,(H,27,29);1H/t20-,22-,24-;/m1./s1. The van der Waals surface area contributed by atoms with Crippen molar-refractivity contribution in [3.8, 4) is 5.75 Å². The highest BCUT2D eigenvalue weighted by Gasteiger charge is 2.42. The van der Waals surface area contributed by atoms with Gasteiger partial charge in [-0.2, -0.15) is 4.31 Å². The van der Waals surface area contributed by atoms with E-state index in [1.54, 1.807) is 42.1 Å². The largest absolute Gasteiger partial charge is 0.494 e. The lowest BCUT2D eigenvalue weighted by Crippen LogP contribution is -2.53. The van der Waals surface area contributed by atoms with Gasteiger partial charge in [0.1, 0.15) is 11.8 Å². The fourth-order valence-electron chi connectivity index (χ4n) is 4.51. The molecule has 36 heavy (non-hydrogen) atoms. The first-order valence-corrected chi connectivity index (χ1v) is 13.5. The zero-order chi connectivity index (χ0) is 25.3. The van der Waals surface area contributed by atoms with Crippen LogP contribution in [0.4, 0.5) is 0 Å². The van der Waals surface area contributed by atoms with Crippen LogP contribution in [0.3, 0.4) is 0 Å². The van der Waals surface area contributed by atoms with Gasteiger partial charge in [0, 0.05) is 25.5 Å². The Morgan fingerprint density at radius 3 is 2.31 bits per heavy atom. The Morgan fingerprint density at radius 2 is 1.75 bits per heavy atom. The predicted molar refractivity (Wildman–Crippen MR) is 138 cm³/mol. The van der Waals surface area contributed by atoms with Gasteiger partial charge in [-0.25, -0.2) is 13.9 Å². The quantitative estimate of drug-likeness (QED) is 0.308. The van der Waals surface area contributed by atoms with E-state index >= 15 is 0 Å². The molecular formula is C25H36ClN3O6S. The number of hydroxylamine groups is 1. The first-order valence-electron chi connectivity index (χ1n) is 12.1. The minimum atomic E-state index is -4.11. The van der Waals surface area contributed by atoms with E-state index in [1.807, 2.05) is 6.92 Å². The van der Waals surface area contributed by atoms with Gasteiger partial charge in [-0.3, -0.25) is 15.0 Å². The maximum Gasteiger partial charge on any atom is 0.262 e. The fourth-order valence-corrected chi connectivity index (χ4v) is 6.15. The summed E-state index contributed by atoms with van der Waals surface area (Å²) in [6, 6.07) is 8.48. The van der Waals surface area contributed by atoms with Crippen molar-refractivity contribution in [1.29, 1.82) is 0 Å². The SMILES string of the molecule is CCCO[C@H]1CC[C@H]([C@H](C(=O)NO)N(Cc2ccncc2)S(=O)(=O)c2ccc(OCC)cc2)CC1.Cl. The zero-order valence-electron chi connectivity index (χ0n) is 20.7. The summed E-state index contributed by atoms with van der Waals surface area (Å²) in [6.07, 6.45) is 6.85. The second-order valence-corrected chi connectivity index (χ2v) is 10.5. The Morgan fingerprint density at radius 1 is 1.11 bits per heavy atom. The minimum absolute atomic E-state index is 0. The summed E-state index contributed by atoms with van der Waals surface area (Å²) < 4.78 is 40.3. The molecule has 0 spiro atoms. The van der Waals surface area contributed by atoms with Crippen LogP contribution in [-0.4, -0.2) is 54.2 Å². The van der Waals surface area contributed by atoms with Gasteiger partial charge in [0.25, 0.3) is 5.91 Å². The van der Waals surface area contributed by atoms with E-state index in [2.05, 4.69) is 11.9 Å². The average molecular weight is 542 g/mol. The Labute approximate surface area is 219 Å². The van der Waals surface area contributed by atoms with E-state index in [9.17, 15) is 18.4 Å². The van der Waals surface area contributed by atoms with Crippen LogP contribution in [0.5, 0.6) is 5.75 Å². The van der Waals surface area contributed by atoms with Gasteiger partial charge in [0.15, 0.2) is 0 Å². The molecule has 1 atom stereocenters. The third-order valence-electron chi connectivity index (χ3n) is 6.24. The van der Waals surface area contributed by atoms with Gasteiger partial charge in [-0.1, -0.05) is 6.92 Å². The van der Waals surface area contributed by atoms with Crippen molar-refractivity contribution in [3.05, 3.63) is 54.4 Å². The molecular weight excluding hydrogens is 506 g/mol. The van der Waals surface area contributed by atoms with Gasteiger partial charge in [0.05, 0.1) is 17.6 Å². The van der Waals surface area contributed by atoms with Crippen LogP contribution in [0.25, 0.3) is 0 Å². The molecule has 0 bridgehead atoms. The van der Waals surface area contributed by atoms with E-state index in [0.29, 0.717) is 37.4 Å². The molecule has 200 valence electrons. The number of hydrogen-bond acceptors (Lipinski definition) is 7. The molecule has 1 fully saturated rings. The van der Waals surface area contributed by atoms with Gasteiger partial charge in [-0.15, -0.1) is 12.4 Å². The van der Waals surface area contributed by atoms with Crippen LogP contribution < -0.4 is 10.2 Å². The van der Waals surface area contributed by atoms with Gasteiger partial charge >= 0.3 is 0 Å². The Kier molecular flexibility index (Phi) is 12.1. The highest BCUT2D eigenvalue weighted by Crippen LogP contribution is 2.34. The second-order valence-electron chi connectivity index (χ2n) is 8.64. The number of nitrogens with one attached hydrogen (secondary N) is 1. The molecule has 1 saturated carbocycles. The van der Waals surface area contributed by atoms with Crippen molar-refractivity contribution >= 4 is 28.3 Å². The number of carbonyl (C=O) groups is 1. The monoisotopic (exact) mass is 541 g/mol. The molecule has 1 amide bonds. The summed E-state index contributed by atoms with van der Waals surface area (Å²) in [5, 5.41) is 9.58. The number of pyridine rings is 1. The molecule has 11 heteroatoms. The number of carbonyl (C=O) groups excluding carboxylic acids is 1. The normalized spacial score (nSPS) is 18.8. The van der Waals surface area contributed by atoms with Crippen LogP contribution in [0.15, 0.2) is 53.7 Å².